The zero-order valence-corrected chi connectivity index (χ0v) is 20.5. The normalized spacial score (nSPS) is 18.2. The molecule has 2 aromatic carbocycles. The number of carbonyl (C=O) groups is 1. The summed E-state index contributed by atoms with van der Waals surface area (Å²) >= 11 is 6.00. The molecule has 1 heterocycles. The van der Waals surface area contributed by atoms with Crippen molar-refractivity contribution in [3.05, 3.63) is 59.1 Å². The SMILES string of the molecule is CC(CC1CCCCC1)NCc1ccccc1NC(=O)N1CCN(c2ccc(Cl)cc2)CC1. The fraction of sp³-hybridized carbons (Fsp3) is 0.519. The highest BCUT2D eigenvalue weighted by atomic mass is 35.5. The molecule has 1 aliphatic heterocycles. The molecule has 0 bridgehead atoms. The molecule has 178 valence electrons. The third-order valence-electron chi connectivity index (χ3n) is 7.07. The average Bonchev–Trinajstić information content (AvgIpc) is 2.85. The van der Waals surface area contributed by atoms with Gasteiger partial charge in [0.1, 0.15) is 0 Å². The Hall–Kier alpha value is -2.24. The van der Waals surface area contributed by atoms with Crippen molar-refractivity contribution in [3.8, 4) is 0 Å². The van der Waals surface area contributed by atoms with Crippen LogP contribution in [0.3, 0.4) is 0 Å². The minimum absolute atomic E-state index is 0.0199. The summed E-state index contributed by atoms with van der Waals surface area (Å²) in [5, 5.41) is 7.59. The number of carbonyl (C=O) groups excluding carboxylic acids is 1. The highest BCUT2D eigenvalue weighted by Crippen LogP contribution is 2.27. The highest BCUT2D eigenvalue weighted by molar-refractivity contribution is 6.30. The van der Waals surface area contributed by atoms with Gasteiger partial charge in [0.15, 0.2) is 0 Å². The van der Waals surface area contributed by atoms with Crippen LogP contribution in [0.2, 0.25) is 5.02 Å². The van der Waals surface area contributed by atoms with Crippen molar-refractivity contribution in [2.24, 2.45) is 5.92 Å². The molecule has 33 heavy (non-hydrogen) atoms. The Balaban J connectivity index is 1.26. The van der Waals surface area contributed by atoms with Gasteiger partial charge in [-0.25, -0.2) is 4.79 Å². The summed E-state index contributed by atoms with van der Waals surface area (Å²) in [5.74, 6) is 0.864. The van der Waals surface area contributed by atoms with E-state index < -0.39 is 0 Å². The number of para-hydroxylation sites is 1. The molecule has 2 aromatic rings. The lowest BCUT2D eigenvalue weighted by Crippen LogP contribution is -2.50. The Bertz CT molecular complexity index is 889. The van der Waals surface area contributed by atoms with E-state index in [4.69, 9.17) is 11.6 Å². The molecule has 1 atom stereocenters. The monoisotopic (exact) mass is 468 g/mol. The number of hydrogen-bond donors (Lipinski definition) is 2. The van der Waals surface area contributed by atoms with Crippen LogP contribution in [0.4, 0.5) is 16.2 Å². The van der Waals surface area contributed by atoms with Gasteiger partial charge in [0.25, 0.3) is 0 Å². The predicted molar refractivity (Wildman–Crippen MR) is 138 cm³/mol. The molecule has 5 nitrogen and oxygen atoms in total. The van der Waals surface area contributed by atoms with Crippen LogP contribution in [0.1, 0.15) is 51.0 Å². The van der Waals surface area contributed by atoms with Gasteiger partial charge in [-0.05, 0) is 55.2 Å². The molecule has 0 radical (unpaired) electrons. The Morgan fingerprint density at radius 3 is 2.42 bits per heavy atom. The Morgan fingerprint density at radius 1 is 1.00 bits per heavy atom. The first kappa shape index (κ1) is 23.9. The lowest BCUT2D eigenvalue weighted by atomic mass is 9.85. The van der Waals surface area contributed by atoms with Crippen LogP contribution < -0.4 is 15.5 Å². The van der Waals surface area contributed by atoms with Crippen molar-refractivity contribution >= 4 is 29.0 Å². The maximum Gasteiger partial charge on any atom is 0.321 e. The van der Waals surface area contributed by atoms with Crippen LogP contribution in [0.15, 0.2) is 48.5 Å². The van der Waals surface area contributed by atoms with Crippen molar-refractivity contribution in [1.82, 2.24) is 10.2 Å². The third kappa shape index (κ3) is 6.87. The van der Waals surface area contributed by atoms with Gasteiger partial charge in [-0.1, -0.05) is 61.9 Å². The first-order valence-electron chi connectivity index (χ1n) is 12.5. The van der Waals surface area contributed by atoms with Gasteiger partial charge >= 0.3 is 6.03 Å². The predicted octanol–water partition coefficient (Wildman–Crippen LogP) is 6.14. The molecular weight excluding hydrogens is 432 g/mol. The Morgan fingerprint density at radius 2 is 1.70 bits per heavy atom. The third-order valence-corrected chi connectivity index (χ3v) is 7.32. The molecule has 2 fully saturated rings. The summed E-state index contributed by atoms with van der Waals surface area (Å²) in [6.45, 7) is 6.10. The molecule has 0 aromatic heterocycles. The number of nitrogens with one attached hydrogen (secondary N) is 2. The molecule has 1 saturated heterocycles. The smallest absolute Gasteiger partial charge is 0.321 e. The number of benzene rings is 2. The lowest BCUT2D eigenvalue weighted by Gasteiger charge is -2.36. The molecule has 1 saturated carbocycles. The second-order valence-electron chi connectivity index (χ2n) is 9.56. The molecule has 1 unspecified atom stereocenters. The summed E-state index contributed by atoms with van der Waals surface area (Å²) in [5.41, 5.74) is 3.19. The standard InChI is InChI=1S/C27H37ClN4O/c1-21(19-22-7-3-2-4-8-22)29-20-23-9-5-6-10-26(23)30-27(33)32-17-15-31(16-18-32)25-13-11-24(28)12-14-25/h5-6,9-14,21-22,29H,2-4,7-8,15-20H2,1H3,(H,30,33). The fourth-order valence-electron chi connectivity index (χ4n) is 5.10. The molecule has 4 rings (SSSR count). The quantitative estimate of drug-likeness (QED) is 0.512. The second kappa shape index (κ2) is 11.8. The number of nitrogens with zero attached hydrogens (tertiary/aromatic N) is 2. The first-order valence-corrected chi connectivity index (χ1v) is 12.8. The minimum atomic E-state index is -0.0199. The van der Waals surface area contributed by atoms with E-state index in [0.29, 0.717) is 19.1 Å². The van der Waals surface area contributed by atoms with Crippen molar-refractivity contribution in [1.29, 1.82) is 0 Å². The van der Waals surface area contributed by atoms with E-state index in [1.165, 1.54) is 38.5 Å². The van der Waals surface area contributed by atoms with Crippen LogP contribution in [-0.4, -0.2) is 43.2 Å². The summed E-state index contributed by atoms with van der Waals surface area (Å²) in [6, 6.07) is 16.5. The zero-order valence-electron chi connectivity index (χ0n) is 19.7. The molecule has 2 N–H and O–H groups in total. The van der Waals surface area contributed by atoms with Gasteiger partial charge in [0.2, 0.25) is 0 Å². The van der Waals surface area contributed by atoms with Crippen molar-refractivity contribution in [3.63, 3.8) is 0 Å². The highest BCUT2D eigenvalue weighted by Gasteiger charge is 2.22. The molecule has 0 spiro atoms. The van der Waals surface area contributed by atoms with Crippen LogP contribution in [-0.2, 0) is 6.54 Å². The van der Waals surface area contributed by atoms with Crippen LogP contribution >= 0.6 is 11.6 Å². The van der Waals surface area contributed by atoms with Crippen molar-refractivity contribution in [2.75, 3.05) is 36.4 Å². The van der Waals surface area contributed by atoms with E-state index in [-0.39, 0.29) is 6.03 Å². The number of urea groups is 1. The fourth-order valence-corrected chi connectivity index (χ4v) is 5.23. The van der Waals surface area contributed by atoms with Gasteiger partial charge in [0.05, 0.1) is 0 Å². The average molecular weight is 469 g/mol. The number of amides is 2. The number of hydrogen-bond acceptors (Lipinski definition) is 3. The summed E-state index contributed by atoms with van der Waals surface area (Å²) < 4.78 is 0. The number of halogens is 1. The summed E-state index contributed by atoms with van der Waals surface area (Å²) in [6.07, 6.45) is 8.18. The Kier molecular flexibility index (Phi) is 8.51. The zero-order chi connectivity index (χ0) is 23.0. The molecule has 2 amide bonds. The maximum absolute atomic E-state index is 13.0. The van der Waals surface area contributed by atoms with Gasteiger partial charge < -0.3 is 20.4 Å². The summed E-state index contributed by atoms with van der Waals surface area (Å²) in [7, 11) is 0. The second-order valence-corrected chi connectivity index (χ2v) is 10.00. The van der Waals surface area contributed by atoms with E-state index in [1.807, 2.05) is 47.4 Å². The van der Waals surface area contributed by atoms with E-state index in [9.17, 15) is 4.79 Å². The van der Waals surface area contributed by atoms with Gasteiger partial charge in [0, 0.05) is 55.2 Å². The summed E-state index contributed by atoms with van der Waals surface area (Å²) in [4.78, 5) is 17.2. The lowest BCUT2D eigenvalue weighted by molar-refractivity contribution is 0.208. The van der Waals surface area contributed by atoms with Gasteiger partial charge in [-0.15, -0.1) is 0 Å². The number of piperazine rings is 1. The van der Waals surface area contributed by atoms with Crippen molar-refractivity contribution in [2.45, 2.75) is 58.0 Å². The maximum atomic E-state index is 13.0. The van der Waals surface area contributed by atoms with Crippen molar-refractivity contribution < 1.29 is 4.79 Å². The van der Waals surface area contributed by atoms with E-state index in [2.05, 4.69) is 28.5 Å². The van der Waals surface area contributed by atoms with E-state index in [1.54, 1.807) is 0 Å². The Labute approximate surface area is 203 Å². The van der Waals surface area contributed by atoms with Crippen LogP contribution in [0.25, 0.3) is 0 Å². The molecule has 6 heteroatoms. The van der Waals surface area contributed by atoms with Crippen LogP contribution in [0, 0.1) is 5.92 Å². The van der Waals surface area contributed by atoms with E-state index in [0.717, 1.165) is 47.5 Å². The topological polar surface area (TPSA) is 47.6 Å². The van der Waals surface area contributed by atoms with E-state index >= 15 is 0 Å². The number of rotatable bonds is 7. The van der Waals surface area contributed by atoms with Gasteiger partial charge in [-0.3, -0.25) is 0 Å². The molecule has 1 aliphatic carbocycles. The van der Waals surface area contributed by atoms with Crippen LogP contribution in [0.5, 0.6) is 0 Å². The molecule has 2 aliphatic rings. The minimum Gasteiger partial charge on any atom is -0.368 e. The largest absolute Gasteiger partial charge is 0.368 e. The first-order chi connectivity index (χ1) is 16.1. The number of anilines is 2. The molecular formula is C27H37ClN4O. The van der Waals surface area contributed by atoms with Gasteiger partial charge in [-0.2, -0.15) is 0 Å².